The molecule has 0 radical (unpaired) electrons. The van der Waals surface area contributed by atoms with Gasteiger partial charge < -0.3 is 20.7 Å². The zero-order chi connectivity index (χ0) is 16.2. The number of hydrogen-bond acceptors (Lipinski definition) is 3. The summed E-state index contributed by atoms with van der Waals surface area (Å²) in [6.07, 6.45) is 0. The molecule has 0 fully saturated rings. The lowest BCUT2D eigenvalue weighted by molar-refractivity contribution is -0.120. The Hall–Kier alpha value is -1.79. The molecule has 0 aromatic heterocycles. The first-order valence-electron chi connectivity index (χ1n) is 7.18. The molecule has 1 rings (SSSR count). The van der Waals surface area contributed by atoms with Gasteiger partial charge in [-0.3, -0.25) is 4.79 Å². The highest BCUT2D eigenvalue weighted by atomic mass is 35.5. The minimum absolute atomic E-state index is 0.106. The summed E-state index contributed by atoms with van der Waals surface area (Å²) in [7, 11) is 1.59. The number of nitrogens with one attached hydrogen (secondary N) is 3. The Labute approximate surface area is 136 Å². The van der Waals surface area contributed by atoms with Gasteiger partial charge in [0.1, 0.15) is 0 Å². The van der Waals surface area contributed by atoms with Crippen molar-refractivity contribution in [3.05, 3.63) is 34.9 Å². The number of benzene rings is 1. The Morgan fingerprint density at radius 2 is 2.14 bits per heavy atom. The molecule has 0 aliphatic heterocycles. The summed E-state index contributed by atoms with van der Waals surface area (Å²) in [5.41, 5.74) is 1.01. The van der Waals surface area contributed by atoms with E-state index in [9.17, 15) is 4.79 Å². The molecule has 0 saturated carbocycles. The number of methoxy groups -OCH3 is 1. The summed E-state index contributed by atoms with van der Waals surface area (Å²) in [5, 5.41) is 9.50. The number of amides is 1. The van der Waals surface area contributed by atoms with Gasteiger partial charge in [0, 0.05) is 25.2 Å². The van der Waals surface area contributed by atoms with Crippen molar-refractivity contribution >= 4 is 23.5 Å². The van der Waals surface area contributed by atoms with Gasteiger partial charge >= 0.3 is 0 Å². The van der Waals surface area contributed by atoms with E-state index in [1.807, 2.05) is 31.2 Å². The zero-order valence-electron chi connectivity index (χ0n) is 13.0. The molecule has 22 heavy (non-hydrogen) atoms. The minimum atomic E-state index is -0.106. The monoisotopic (exact) mass is 326 g/mol. The summed E-state index contributed by atoms with van der Waals surface area (Å²) >= 11 is 5.94. The number of carbonyl (C=O) groups excluding carboxylic acids is 1. The Balaban J connectivity index is 2.46. The number of aliphatic imine (C=N–C) groups is 1. The fourth-order valence-electron chi connectivity index (χ4n) is 1.67. The molecule has 1 aromatic carbocycles. The van der Waals surface area contributed by atoms with Crippen LogP contribution in [0.3, 0.4) is 0 Å². The summed E-state index contributed by atoms with van der Waals surface area (Å²) < 4.78 is 4.87. The Morgan fingerprint density at radius 1 is 1.32 bits per heavy atom. The molecule has 0 saturated heterocycles. The Kier molecular flexibility index (Phi) is 9.02. The van der Waals surface area contributed by atoms with Crippen molar-refractivity contribution in [1.82, 2.24) is 16.0 Å². The zero-order valence-corrected chi connectivity index (χ0v) is 13.7. The van der Waals surface area contributed by atoms with Crippen LogP contribution in [0.15, 0.2) is 29.3 Å². The van der Waals surface area contributed by atoms with E-state index in [2.05, 4.69) is 20.9 Å². The summed E-state index contributed by atoms with van der Waals surface area (Å²) in [6, 6.07) is 7.53. The number of halogens is 1. The largest absolute Gasteiger partial charge is 0.383 e. The van der Waals surface area contributed by atoms with Crippen molar-refractivity contribution in [2.24, 2.45) is 4.99 Å². The van der Waals surface area contributed by atoms with E-state index in [1.54, 1.807) is 7.11 Å². The number of ether oxygens (including phenoxy) is 1. The number of carbonyl (C=O) groups is 1. The highest BCUT2D eigenvalue weighted by molar-refractivity contribution is 6.30. The molecular formula is C15H23ClN4O2. The molecule has 1 aromatic rings. The topological polar surface area (TPSA) is 74.8 Å². The first-order valence-corrected chi connectivity index (χ1v) is 7.55. The van der Waals surface area contributed by atoms with Crippen LogP contribution in [0.2, 0.25) is 5.02 Å². The van der Waals surface area contributed by atoms with Crippen LogP contribution in [0, 0.1) is 0 Å². The number of rotatable bonds is 8. The molecule has 6 nitrogen and oxygen atoms in total. The lowest BCUT2D eigenvalue weighted by Gasteiger charge is -2.11. The van der Waals surface area contributed by atoms with E-state index >= 15 is 0 Å². The van der Waals surface area contributed by atoms with E-state index in [0.29, 0.717) is 37.2 Å². The molecule has 3 N–H and O–H groups in total. The number of nitrogens with zero attached hydrogens (tertiary/aromatic N) is 1. The SMILES string of the molecule is CCNC(=NCc1cccc(Cl)c1)NCC(=O)NCCOC. The molecule has 7 heteroatoms. The molecule has 0 atom stereocenters. The third-order valence-electron chi connectivity index (χ3n) is 2.70. The van der Waals surface area contributed by atoms with Crippen molar-refractivity contribution in [2.45, 2.75) is 13.5 Å². The van der Waals surface area contributed by atoms with Crippen LogP contribution in [0.4, 0.5) is 0 Å². The number of guanidine groups is 1. The van der Waals surface area contributed by atoms with Gasteiger partial charge in [0.2, 0.25) is 5.91 Å². The van der Waals surface area contributed by atoms with Crippen molar-refractivity contribution in [3.63, 3.8) is 0 Å². The van der Waals surface area contributed by atoms with Crippen LogP contribution in [0.25, 0.3) is 0 Å². The average Bonchev–Trinajstić information content (AvgIpc) is 2.50. The second-order valence-electron chi connectivity index (χ2n) is 4.52. The smallest absolute Gasteiger partial charge is 0.239 e. The quantitative estimate of drug-likeness (QED) is 0.381. The normalized spacial score (nSPS) is 11.1. The Bertz CT molecular complexity index is 494. The van der Waals surface area contributed by atoms with Crippen LogP contribution in [0.1, 0.15) is 12.5 Å². The maximum absolute atomic E-state index is 11.6. The predicted octanol–water partition coefficient (Wildman–Crippen LogP) is 1.16. The molecule has 0 spiro atoms. The second kappa shape index (κ2) is 10.9. The third kappa shape index (κ3) is 7.85. The molecule has 0 aliphatic carbocycles. The molecule has 1 amide bonds. The van der Waals surface area contributed by atoms with E-state index < -0.39 is 0 Å². The van der Waals surface area contributed by atoms with E-state index in [1.165, 1.54) is 0 Å². The molecule has 0 heterocycles. The van der Waals surface area contributed by atoms with E-state index in [4.69, 9.17) is 16.3 Å². The second-order valence-corrected chi connectivity index (χ2v) is 4.96. The van der Waals surface area contributed by atoms with Gasteiger partial charge in [-0.25, -0.2) is 4.99 Å². The third-order valence-corrected chi connectivity index (χ3v) is 2.93. The van der Waals surface area contributed by atoms with Crippen LogP contribution < -0.4 is 16.0 Å². The van der Waals surface area contributed by atoms with Crippen molar-refractivity contribution in [1.29, 1.82) is 0 Å². The first kappa shape index (κ1) is 18.3. The van der Waals surface area contributed by atoms with Gasteiger partial charge in [0.25, 0.3) is 0 Å². The van der Waals surface area contributed by atoms with Gasteiger partial charge in [-0.05, 0) is 24.6 Å². The fourth-order valence-corrected chi connectivity index (χ4v) is 1.88. The Morgan fingerprint density at radius 3 is 2.82 bits per heavy atom. The lowest BCUT2D eigenvalue weighted by atomic mass is 10.2. The molecular weight excluding hydrogens is 304 g/mol. The maximum Gasteiger partial charge on any atom is 0.239 e. The minimum Gasteiger partial charge on any atom is -0.383 e. The molecule has 0 aliphatic rings. The summed E-state index contributed by atoms with van der Waals surface area (Å²) in [4.78, 5) is 16.0. The maximum atomic E-state index is 11.6. The highest BCUT2D eigenvalue weighted by Gasteiger charge is 2.03. The van der Waals surface area contributed by atoms with Crippen LogP contribution in [-0.2, 0) is 16.1 Å². The van der Waals surface area contributed by atoms with E-state index in [-0.39, 0.29) is 12.5 Å². The molecule has 0 unspecified atom stereocenters. The van der Waals surface area contributed by atoms with Crippen molar-refractivity contribution in [3.8, 4) is 0 Å². The summed E-state index contributed by atoms with van der Waals surface area (Å²) in [5.74, 6) is 0.481. The molecule has 122 valence electrons. The van der Waals surface area contributed by atoms with E-state index in [0.717, 1.165) is 5.56 Å². The highest BCUT2D eigenvalue weighted by Crippen LogP contribution is 2.11. The lowest BCUT2D eigenvalue weighted by Crippen LogP contribution is -2.43. The van der Waals surface area contributed by atoms with Crippen LogP contribution in [0.5, 0.6) is 0 Å². The van der Waals surface area contributed by atoms with Gasteiger partial charge in [-0.15, -0.1) is 0 Å². The van der Waals surface area contributed by atoms with Crippen LogP contribution >= 0.6 is 11.6 Å². The fraction of sp³-hybridized carbons (Fsp3) is 0.467. The summed E-state index contributed by atoms with van der Waals surface area (Å²) in [6.45, 7) is 4.32. The van der Waals surface area contributed by atoms with Crippen molar-refractivity contribution in [2.75, 3.05) is 33.4 Å². The van der Waals surface area contributed by atoms with Gasteiger partial charge in [0.15, 0.2) is 5.96 Å². The average molecular weight is 327 g/mol. The number of hydrogen-bond donors (Lipinski definition) is 3. The van der Waals surface area contributed by atoms with Crippen LogP contribution in [-0.4, -0.2) is 45.2 Å². The van der Waals surface area contributed by atoms with Crippen molar-refractivity contribution < 1.29 is 9.53 Å². The van der Waals surface area contributed by atoms with Gasteiger partial charge in [0.05, 0.1) is 19.7 Å². The predicted molar refractivity (Wildman–Crippen MR) is 89.2 cm³/mol. The van der Waals surface area contributed by atoms with Gasteiger partial charge in [-0.2, -0.15) is 0 Å². The van der Waals surface area contributed by atoms with Gasteiger partial charge in [-0.1, -0.05) is 23.7 Å². The first-order chi connectivity index (χ1) is 10.7. The molecule has 0 bridgehead atoms. The standard InChI is InChI=1S/C15H23ClN4O2/c1-3-17-15(20-11-14(21)18-7-8-22-2)19-10-12-5-4-6-13(16)9-12/h4-6,9H,3,7-8,10-11H2,1-2H3,(H,18,21)(H2,17,19,20).